The van der Waals surface area contributed by atoms with Crippen LogP contribution in [0.4, 0.5) is 5.82 Å². The van der Waals surface area contributed by atoms with Gasteiger partial charge in [0.2, 0.25) is 0 Å². The summed E-state index contributed by atoms with van der Waals surface area (Å²) in [6, 6.07) is 14.5. The van der Waals surface area contributed by atoms with Crippen LogP contribution in [0.1, 0.15) is 15.9 Å². The van der Waals surface area contributed by atoms with Crippen molar-refractivity contribution in [3.05, 3.63) is 66.0 Å². The van der Waals surface area contributed by atoms with E-state index >= 15 is 0 Å². The SMILES string of the molecule is N#Cc1cccc(C(=O)N2CCN(c3ccc(-n4cccn4)nn3)CC2)c1. The van der Waals surface area contributed by atoms with Crippen molar-refractivity contribution >= 4 is 11.7 Å². The van der Waals surface area contributed by atoms with Crippen LogP contribution in [0.3, 0.4) is 0 Å². The van der Waals surface area contributed by atoms with Crippen LogP contribution in [0.5, 0.6) is 0 Å². The number of hydrogen-bond donors (Lipinski definition) is 0. The normalized spacial score (nSPS) is 14.0. The standard InChI is InChI=1S/C19H17N7O/c20-14-15-3-1-4-16(13-15)19(27)25-11-9-24(10-12-25)17-5-6-18(23-22-17)26-8-2-7-21-26/h1-8,13H,9-12H2. The molecule has 1 aliphatic heterocycles. The Labute approximate surface area is 156 Å². The maximum Gasteiger partial charge on any atom is 0.254 e. The smallest absolute Gasteiger partial charge is 0.254 e. The van der Waals surface area contributed by atoms with Crippen LogP contribution < -0.4 is 4.90 Å². The van der Waals surface area contributed by atoms with Crippen molar-refractivity contribution in [2.75, 3.05) is 31.1 Å². The van der Waals surface area contributed by atoms with E-state index in [1.807, 2.05) is 24.4 Å². The largest absolute Gasteiger partial charge is 0.352 e. The molecule has 27 heavy (non-hydrogen) atoms. The summed E-state index contributed by atoms with van der Waals surface area (Å²) in [7, 11) is 0. The molecule has 1 amide bonds. The highest BCUT2D eigenvalue weighted by Gasteiger charge is 2.23. The van der Waals surface area contributed by atoms with Gasteiger partial charge >= 0.3 is 0 Å². The fourth-order valence-electron chi connectivity index (χ4n) is 3.06. The minimum absolute atomic E-state index is 0.0492. The van der Waals surface area contributed by atoms with Gasteiger partial charge in [0.1, 0.15) is 0 Å². The summed E-state index contributed by atoms with van der Waals surface area (Å²) < 4.78 is 1.66. The molecule has 1 aromatic carbocycles. The van der Waals surface area contributed by atoms with E-state index in [9.17, 15) is 4.79 Å². The molecule has 0 atom stereocenters. The number of carbonyl (C=O) groups is 1. The number of nitrogens with zero attached hydrogens (tertiary/aromatic N) is 7. The molecule has 3 heterocycles. The topological polar surface area (TPSA) is 90.9 Å². The Kier molecular flexibility index (Phi) is 4.49. The highest BCUT2D eigenvalue weighted by atomic mass is 16.2. The molecule has 4 rings (SSSR count). The number of carbonyl (C=O) groups excluding carboxylic acids is 1. The molecule has 0 saturated carbocycles. The minimum Gasteiger partial charge on any atom is -0.352 e. The Morgan fingerprint density at radius 2 is 1.78 bits per heavy atom. The molecule has 134 valence electrons. The van der Waals surface area contributed by atoms with E-state index in [2.05, 4.69) is 26.3 Å². The second-order valence-electron chi connectivity index (χ2n) is 6.17. The van der Waals surface area contributed by atoms with Gasteiger partial charge in [-0.2, -0.15) is 10.4 Å². The number of nitriles is 1. The molecule has 8 nitrogen and oxygen atoms in total. The van der Waals surface area contributed by atoms with E-state index in [4.69, 9.17) is 5.26 Å². The molecule has 1 fully saturated rings. The molecule has 0 N–H and O–H groups in total. The minimum atomic E-state index is -0.0492. The van der Waals surface area contributed by atoms with Gasteiger partial charge in [0.25, 0.3) is 5.91 Å². The molecule has 2 aromatic heterocycles. The van der Waals surface area contributed by atoms with Gasteiger partial charge in [0.15, 0.2) is 11.6 Å². The van der Waals surface area contributed by atoms with Crippen LogP contribution in [-0.4, -0.2) is 57.0 Å². The Hall–Kier alpha value is -3.73. The van der Waals surface area contributed by atoms with Crippen molar-refractivity contribution in [3.8, 4) is 11.9 Å². The highest BCUT2D eigenvalue weighted by molar-refractivity contribution is 5.94. The number of benzene rings is 1. The average Bonchev–Trinajstić information content (AvgIpc) is 3.28. The lowest BCUT2D eigenvalue weighted by atomic mass is 10.1. The quantitative estimate of drug-likeness (QED) is 0.704. The first-order valence-electron chi connectivity index (χ1n) is 8.63. The van der Waals surface area contributed by atoms with E-state index < -0.39 is 0 Å². The van der Waals surface area contributed by atoms with Crippen molar-refractivity contribution in [1.82, 2.24) is 24.9 Å². The van der Waals surface area contributed by atoms with Gasteiger partial charge in [-0.25, -0.2) is 4.68 Å². The van der Waals surface area contributed by atoms with Crippen molar-refractivity contribution in [2.45, 2.75) is 0 Å². The van der Waals surface area contributed by atoms with Crippen LogP contribution in [0.25, 0.3) is 5.82 Å². The molecular formula is C19H17N7O. The Morgan fingerprint density at radius 1 is 1.00 bits per heavy atom. The molecule has 8 heteroatoms. The molecule has 0 radical (unpaired) electrons. The highest BCUT2D eigenvalue weighted by Crippen LogP contribution is 2.16. The third-order valence-electron chi connectivity index (χ3n) is 4.51. The second-order valence-corrected chi connectivity index (χ2v) is 6.17. The second kappa shape index (κ2) is 7.25. The summed E-state index contributed by atoms with van der Waals surface area (Å²) in [6.45, 7) is 2.55. The summed E-state index contributed by atoms with van der Waals surface area (Å²) in [5.41, 5.74) is 1.04. The Morgan fingerprint density at radius 3 is 2.44 bits per heavy atom. The first kappa shape index (κ1) is 16.7. The summed E-state index contributed by atoms with van der Waals surface area (Å²) in [5.74, 6) is 1.39. The Bertz CT molecular complexity index is 968. The van der Waals surface area contributed by atoms with Crippen LogP contribution in [-0.2, 0) is 0 Å². The first-order chi connectivity index (χ1) is 13.2. The number of aromatic nitrogens is 4. The predicted octanol–water partition coefficient (Wildman–Crippen LogP) is 1.50. The lowest BCUT2D eigenvalue weighted by Crippen LogP contribution is -2.49. The van der Waals surface area contributed by atoms with Gasteiger partial charge in [-0.15, -0.1) is 10.2 Å². The molecule has 0 bridgehead atoms. The summed E-state index contributed by atoms with van der Waals surface area (Å²) in [6.07, 6.45) is 3.51. The number of piperazine rings is 1. The van der Waals surface area contributed by atoms with Crippen LogP contribution >= 0.6 is 0 Å². The van der Waals surface area contributed by atoms with Gasteiger partial charge in [0, 0.05) is 44.1 Å². The maximum absolute atomic E-state index is 12.6. The Balaban J connectivity index is 1.40. The molecule has 1 saturated heterocycles. The number of amides is 1. The van der Waals surface area contributed by atoms with E-state index in [-0.39, 0.29) is 5.91 Å². The lowest BCUT2D eigenvalue weighted by Gasteiger charge is -2.35. The van der Waals surface area contributed by atoms with Gasteiger partial charge < -0.3 is 9.80 Å². The third kappa shape index (κ3) is 3.48. The zero-order valence-electron chi connectivity index (χ0n) is 14.6. The third-order valence-corrected chi connectivity index (χ3v) is 4.51. The van der Waals surface area contributed by atoms with E-state index in [1.165, 1.54) is 0 Å². The van der Waals surface area contributed by atoms with E-state index in [1.54, 1.807) is 40.0 Å². The van der Waals surface area contributed by atoms with Crippen LogP contribution in [0, 0.1) is 11.3 Å². The fourth-order valence-corrected chi connectivity index (χ4v) is 3.06. The van der Waals surface area contributed by atoms with E-state index in [0.29, 0.717) is 43.1 Å². The van der Waals surface area contributed by atoms with Gasteiger partial charge in [-0.05, 0) is 36.4 Å². The van der Waals surface area contributed by atoms with Crippen molar-refractivity contribution in [3.63, 3.8) is 0 Å². The monoisotopic (exact) mass is 359 g/mol. The fraction of sp³-hybridized carbons (Fsp3) is 0.211. The summed E-state index contributed by atoms with van der Waals surface area (Å²) >= 11 is 0. The molecule has 0 spiro atoms. The predicted molar refractivity (Wildman–Crippen MR) is 98.4 cm³/mol. The molecule has 1 aliphatic rings. The summed E-state index contributed by atoms with van der Waals surface area (Å²) in [4.78, 5) is 16.6. The number of hydrogen-bond acceptors (Lipinski definition) is 6. The van der Waals surface area contributed by atoms with Crippen LogP contribution in [0.15, 0.2) is 54.9 Å². The molecule has 0 aliphatic carbocycles. The molecule has 0 unspecified atom stereocenters. The first-order valence-corrected chi connectivity index (χ1v) is 8.63. The van der Waals surface area contributed by atoms with Gasteiger partial charge in [-0.3, -0.25) is 4.79 Å². The van der Waals surface area contributed by atoms with Crippen molar-refractivity contribution in [1.29, 1.82) is 5.26 Å². The average molecular weight is 359 g/mol. The summed E-state index contributed by atoms with van der Waals surface area (Å²) in [5, 5.41) is 21.6. The molecular weight excluding hydrogens is 342 g/mol. The van der Waals surface area contributed by atoms with Crippen LogP contribution in [0.2, 0.25) is 0 Å². The number of rotatable bonds is 3. The van der Waals surface area contributed by atoms with Gasteiger partial charge in [0.05, 0.1) is 11.6 Å². The maximum atomic E-state index is 12.6. The van der Waals surface area contributed by atoms with Gasteiger partial charge in [-0.1, -0.05) is 6.07 Å². The lowest BCUT2D eigenvalue weighted by molar-refractivity contribution is 0.0746. The number of anilines is 1. The van der Waals surface area contributed by atoms with Crippen molar-refractivity contribution < 1.29 is 4.79 Å². The zero-order valence-corrected chi connectivity index (χ0v) is 14.6. The van der Waals surface area contributed by atoms with Crippen molar-refractivity contribution in [2.24, 2.45) is 0 Å². The van der Waals surface area contributed by atoms with E-state index in [0.717, 1.165) is 5.82 Å². The zero-order chi connectivity index (χ0) is 18.6. The molecule has 3 aromatic rings.